The van der Waals surface area contributed by atoms with Gasteiger partial charge in [0.15, 0.2) is 0 Å². The summed E-state index contributed by atoms with van der Waals surface area (Å²) in [6.07, 6.45) is 5.04. The summed E-state index contributed by atoms with van der Waals surface area (Å²) in [4.78, 5) is 15.6. The summed E-state index contributed by atoms with van der Waals surface area (Å²) in [6.45, 7) is 3.04. The fourth-order valence-electron chi connectivity index (χ4n) is 4.05. The largest absolute Gasteiger partial charge is 0.303 e. The van der Waals surface area contributed by atoms with Crippen LogP contribution in [0.4, 0.5) is 0 Å². The Bertz CT molecular complexity index is 874. The SMILES string of the molecule is O=C(CCN1CCCCC1)N1N=C(c2ccc(Br)cc2)C[C@H]1c1ccc(Br)cc1. The van der Waals surface area contributed by atoms with Gasteiger partial charge in [0.25, 0.3) is 0 Å². The third-order valence-corrected chi connectivity index (χ3v) is 6.75. The highest BCUT2D eigenvalue weighted by molar-refractivity contribution is 9.10. The van der Waals surface area contributed by atoms with Gasteiger partial charge in [-0.15, -0.1) is 0 Å². The molecule has 0 bridgehead atoms. The van der Waals surface area contributed by atoms with Crippen molar-refractivity contribution >= 4 is 43.5 Å². The molecule has 2 aliphatic rings. The maximum atomic E-state index is 13.1. The maximum Gasteiger partial charge on any atom is 0.244 e. The van der Waals surface area contributed by atoms with Crippen molar-refractivity contribution in [1.29, 1.82) is 0 Å². The van der Waals surface area contributed by atoms with Gasteiger partial charge >= 0.3 is 0 Å². The number of likely N-dealkylation sites (tertiary alicyclic amines) is 1. The first-order valence-electron chi connectivity index (χ1n) is 10.2. The van der Waals surface area contributed by atoms with Crippen LogP contribution in [0.25, 0.3) is 0 Å². The number of hydrogen-bond donors (Lipinski definition) is 0. The molecule has 2 aromatic carbocycles. The number of hydrogen-bond acceptors (Lipinski definition) is 3. The number of piperidine rings is 1. The number of benzene rings is 2. The number of nitrogens with zero attached hydrogens (tertiary/aromatic N) is 3. The second-order valence-electron chi connectivity index (χ2n) is 7.72. The van der Waals surface area contributed by atoms with E-state index in [9.17, 15) is 4.79 Å². The van der Waals surface area contributed by atoms with E-state index in [1.165, 1.54) is 19.3 Å². The molecule has 0 N–H and O–H groups in total. The summed E-state index contributed by atoms with van der Waals surface area (Å²) >= 11 is 6.99. The van der Waals surface area contributed by atoms with Gasteiger partial charge in [0.1, 0.15) is 0 Å². The maximum absolute atomic E-state index is 13.1. The third-order valence-electron chi connectivity index (χ3n) is 5.69. The van der Waals surface area contributed by atoms with E-state index < -0.39 is 0 Å². The fourth-order valence-corrected chi connectivity index (χ4v) is 4.58. The quantitative estimate of drug-likeness (QED) is 0.504. The van der Waals surface area contributed by atoms with Gasteiger partial charge in [0.05, 0.1) is 11.8 Å². The van der Waals surface area contributed by atoms with E-state index in [1.807, 2.05) is 24.3 Å². The lowest BCUT2D eigenvalue weighted by atomic mass is 9.98. The Hall–Kier alpha value is -1.50. The highest BCUT2D eigenvalue weighted by atomic mass is 79.9. The van der Waals surface area contributed by atoms with Crippen molar-refractivity contribution in [3.8, 4) is 0 Å². The Kier molecular flexibility index (Phi) is 6.83. The molecule has 4 nitrogen and oxygen atoms in total. The zero-order valence-corrected chi connectivity index (χ0v) is 19.5. The van der Waals surface area contributed by atoms with Crippen LogP contribution in [0.2, 0.25) is 0 Å². The van der Waals surface area contributed by atoms with Gasteiger partial charge < -0.3 is 4.90 Å². The number of hydrazone groups is 1. The second kappa shape index (κ2) is 9.54. The minimum atomic E-state index is -0.0457. The topological polar surface area (TPSA) is 35.9 Å². The van der Waals surface area contributed by atoms with Gasteiger partial charge in [-0.05, 0) is 61.3 Å². The Morgan fingerprint density at radius 1 is 0.931 bits per heavy atom. The molecule has 0 aliphatic carbocycles. The molecule has 0 spiro atoms. The van der Waals surface area contributed by atoms with Crippen LogP contribution in [0.15, 0.2) is 62.6 Å². The van der Waals surface area contributed by atoms with Crippen LogP contribution in [0.3, 0.4) is 0 Å². The van der Waals surface area contributed by atoms with Crippen molar-refractivity contribution in [3.05, 3.63) is 68.6 Å². The molecule has 152 valence electrons. The molecular weight excluding hydrogens is 494 g/mol. The van der Waals surface area contributed by atoms with Crippen LogP contribution < -0.4 is 0 Å². The Labute approximate surface area is 189 Å². The second-order valence-corrected chi connectivity index (χ2v) is 9.55. The van der Waals surface area contributed by atoms with Crippen LogP contribution in [-0.2, 0) is 4.79 Å². The zero-order chi connectivity index (χ0) is 20.2. The minimum Gasteiger partial charge on any atom is -0.303 e. The lowest BCUT2D eigenvalue weighted by Crippen LogP contribution is -2.35. The van der Waals surface area contributed by atoms with Gasteiger partial charge in [0.2, 0.25) is 5.91 Å². The first-order chi connectivity index (χ1) is 14.1. The van der Waals surface area contributed by atoms with Gasteiger partial charge in [-0.2, -0.15) is 5.10 Å². The van der Waals surface area contributed by atoms with E-state index in [0.29, 0.717) is 6.42 Å². The fraction of sp³-hybridized carbons (Fsp3) is 0.391. The summed E-state index contributed by atoms with van der Waals surface area (Å²) in [5, 5.41) is 6.51. The average Bonchev–Trinajstić information content (AvgIpc) is 3.19. The van der Waals surface area contributed by atoms with E-state index in [0.717, 1.165) is 51.8 Å². The normalized spacial score (nSPS) is 20.0. The predicted octanol–water partition coefficient (Wildman–Crippen LogP) is 5.77. The number of rotatable bonds is 5. The van der Waals surface area contributed by atoms with Crippen molar-refractivity contribution in [2.45, 2.75) is 38.1 Å². The number of halogens is 2. The summed E-state index contributed by atoms with van der Waals surface area (Å²) < 4.78 is 2.08. The number of carbonyl (C=O) groups excluding carboxylic acids is 1. The predicted molar refractivity (Wildman–Crippen MR) is 124 cm³/mol. The summed E-state index contributed by atoms with van der Waals surface area (Å²) in [6, 6.07) is 16.3. The molecule has 0 aromatic heterocycles. The van der Waals surface area contributed by atoms with E-state index in [4.69, 9.17) is 5.10 Å². The molecule has 1 atom stereocenters. The molecular formula is C23H25Br2N3O. The van der Waals surface area contributed by atoms with Crippen LogP contribution in [0.1, 0.15) is 49.3 Å². The van der Waals surface area contributed by atoms with Crippen molar-refractivity contribution in [2.24, 2.45) is 5.10 Å². The molecule has 0 unspecified atom stereocenters. The van der Waals surface area contributed by atoms with Crippen molar-refractivity contribution < 1.29 is 4.79 Å². The first kappa shape index (κ1) is 20.8. The molecule has 1 fully saturated rings. The minimum absolute atomic E-state index is 0.0457. The van der Waals surface area contributed by atoms with Crippen LogP contribution in [0, 0.1) is 0 Å². The molecule has 6 heteroatoms. The van der Waals surface area contributed by atoms with Crippen LogP contribution in [-0.4, -0.2) is 41.2 Å². The van der Waals surface area contributed by atoms with Crippen LogP contribution in [0.5, 0.6) is 0 Å². The molecule has 2 aliphatic heterocycles. The van der Waals surface area contributed by atoms with E-state index in [2.05, 4.69) is 61.0 Å². The molecule has 0 saturated carbocycles. The Morgan fingerprint density at radius 3 is 2.21 bits per heavy atom. The standard InChI is InChI=1S/C23H25Br2N3O/c24-19-8-4-17(5-9-19)21-16-22(18-6-10-20(25)11-7-18)28(26-21)23(29)12-15-27-13-2-1-3-14-27/h4-11,22H,1-3,12-16H2/t22-/m0/s1. The molecule has 1 saturated heterocycles. The summed E-state index contributed by atoms with van der Waals surface area (Å²) in [7, 11) is 0. The first-order valence-corrected chi connectivity index (χ1v) is 11.8. The molecule has 1 amide bonds. The molecule has 2 heterocycles. The third kappa shape index (κ3) is 5.16. The van der Waals surface area contributed by atoms with Crippen molar-refractivity contribution in [2.75, 3.05) is 19.6 Å². The number of carbonyl (C=O) groups is 1. The van der Waals surface area contributed by atoms with Gasteiger partial charge in [0, 0.05) is 28.3 Å². The van der Waals surface area contributed by atoms with Crippen molar-refractivity contribution in [3.63, 3.8) is 0 Å². The molecule has 2 aromatic rings. The van der Waals surface area contributed by atoms with E-state index in [-0.39, 0.29) is 11.9 Å². The lowest BCUT2D eigenvalue weighted by Gasteiger charge is -2.27. The monoisotopic (exact) mass is 517 g/mol. The summed E-state index contributed by atoms with van der Waals surface area (Å²) in [5.41, 5.74) is 3.16. The molecule has 29 heavy (non-hydrogen) atoms. The Balaban J connectivity index is 1.53. The van der Waals surface area contributed by atoms with E-state index >= 15 is 0 Å². The number of amides is 1. The smallest absolute Gasteiger partial charge is 0.244 e. The molecule has 0 radical (unpaired) electrons. The zero-order valence-electron chi connectivity index (χ0n) is 16.4. The highest BCUT2D eigenvalue weighted by Gasteiger charge is 2.33. The highest BCUT2D eigenvalue weighted by Crippen LogP contribution is 2.34. The van der Waals surface area contributed by atoms with Crippen LogP contribution >= 0.6 is 31.9 Å². The van der Waals surface area contributed by atoms with E-state index in [1.54, 1.807) is 5.01 Å². The van der Waals surface area contributed by atoms with Gasteiger partial charge in [-0.3, -0.25) is 4.79 Å². The molecule has 4 rings (SSSR count). The lowest BCUT2D eigenvalue weighted by molar-refractivity contribution is -0.133. The Morgan fingerprint density at radius 2 is 1.55 bits per heavy atom. The van der Waals surface area contributed by atoms with Crippen molar-refractivity contribution in [1.82, 2.24) is 9.91 Å². The van der Waals surface area contributed by atoms with Gasteiger partial charge in [-0.25, -0.2) is 5.01 Å². The van der Waals surface area contributed by atoms with Gasteiger partial charge in [-0.1, -0.05) is 62.5 Å². The average molecular weight is 519 g/mol. The summed E-state index contributed by atoms with van der Waals surface area (Å²) in [5.74, 6) is 0.107.